The molecular formula is C9H13Cl3N2O. The molecule has 4 N–H and O–H groups in total. The van der Waals surface area contributed by atoms with Crippen molar-refractivity contribution in [3.05, 3.63) is 27.7 Å². The molecular weight excluding hydrogens is 258 g/mol. The van der Waals surface area contributed by atoms with Gasteiger partial charge < -0.3 is 16.2 Å². The number of hydrogen-bond acceptors (Lipinski definition) is 3. The first-order valence-corrected chi connectivity index (χ1v) is 4.82. The molecule has 0 aliphatic rings. The van der Waals surface area contributed by atoms with E-state index in [1.165, 1.54) is 0 Å². The molecule has 1 unspecified atom stereocenters. The maximum atomic E-state index is 5.85. The minimum absolute atomic E-state index is 0. The zero-order valence-corrected chi connectivity index (χ0v) is 10.5. The van der Waals surface area contributed by atoms with Crippen molar-refractivity contribution in [1.29, 1.82) is 0 Å². The van der Waals surface area contributed by atoms with E-state index in [9.17, 15) is 0 Å². The Balaban J connectivity index is 0.00000196. The molecule has 0 spiro atoms. The first kappa shape index (κ1) is 14.8. The molecule has 0 saturated carbocycles. The first-order valence-electron chi connectivity index (χ1n) is 4.06. The minimum Gasteiger partial charge on any atom is -0.396 e. The van der Waals surface area contributed by atoms with Gasteiger partial charge in [0.15, 0.2) is 0 Å². The SMILES string of the molecule is COC(N)Cc1cc(Cl)c(N)c(Cl)c1.Cl. The van der Waals surface area contributed by atoms with Gasteiger partial charge in [0.1, 0.15) is 6.23 Å². The average molecular weight is 272 g/mol. The lowest BCUT2D eigenvalue weighted by molar-refractivity contribution is 0.109. The Kier molecular flexibility index (Phi) is 6.32. The molecule has 0 amide bonds. The van der Waals surface area contributed by atoms with Crippen LogP contribution in [0.3, 0.4) is 0 Å². The predicted octanol–water partition coefficient (Wildman–Crippen LogP) is 2.47. The molecule has 1 aromatic carbocycles. The van der Waals surface area contributed by atoms with Crippen molar-refractivity contribution in [3.8, 4) is 0 Å². The highest BCUT2D eigenvalue weighted by molar-refractivity contribution is 6.38. The summed E-state index contributed by atoms with van der Waals surface area (Å²) in [6, 6.07) is 3.48. The maximum Gasteiger partial charge on any atom is 0.109 e. The molecule has 0 heterocycles. The van der Waals surface area contributed by atoms with Crippen molar-refractivity contribution >= 4 is 41.3 Å². The first-order chi connectivity index (χ1) is 6.54. The van der Waals surface area contributed by atoms with Gasteiger partial charge in [-0.25, -0.2) is 0 Å². The topological polar surface area (TPSA) is 61.3 Å². The fourth-order valence-corrected chi connectivity index (χ4v) is 1.60. The second-order valence-electron chi connectivity index (χ2n) is 2.95. The summed E-state index contributed by atoms with van der Waals surface area (Å²) in [5, 5.41) is 0.881. The number of methoxy groups -OCH3 is 1. The molecule has 0 bridgehead atoms. The predicted molar refractivity (Wildman–Crippen MR) is 66.8 cm³/mol. The smallest absolute Gasteiger partial charge is 0.109 e. The lowest BCUT2D eigenvalue weighted by Crippen LogP contribution is -2.24. The van der Waals surface area contributed by atoms with Crippen molar-refractivity contribution < 1.29 is 4.74 Å². The highest BCUT2D eigenvalue weighted by Gasteiger charge is 2.07. The van der Waals surface area contributed by atoms with Gasteiger partial charge in [-0.3, -0.25) is 0 Å². The number of benzene rings is 1. The Hall–Kier alpha value is -0.190. The molecule has 3 nitrogen and oxygen atoms in total. The van der Waals surface area contributed by atoms with Crippen molar-refractivity contribution in [2.75, 3.05) is 12.8 Å². The van der Waals surface area contributed by atoms with E-state index >= 15 is 0 Å². The van der Waals surface area contributed by atoms with Crippen LogP contribution in [0.1, 0.15) is 5.56 Å². The second kappa shape index (κ2) is 6.40. The van der Waals surface area contributed by atoms with Crippen LogP contribution >= 0.6 is 35.6 Å². The van der Waals surface area contributed by atoms with Crippen LogP contribution in [-0.2, 0) is 11.2 Å². The van der Waals surface area contributed by atoms with E-state index < -0.39 is 0 Å². The quantitative estimate of drug-likeness (QED) is 0.656. The Morgan fingerprint density at radius 1 is 1.33 bits per heavy atom. The molecule has 6 heteroatoms. The van der Waals surface area contributed by atoms with Gasteiger partial charge in [-0.15, -0.1) is 12.4 Å². The van der Waals surface area contributed by atoms with E-state index in [0.29, 0.717) is 22.2 Å². The molecule has 86 valence electrons. The molecule has 0 saturated heterocycles. The maximum absolute atomic E-state index is 5.85. The van der Waals surface area contributed by atoms with Crippen LogP contribution < -0.4 is 11.5 Å². The molecule has 15 heavy (non-hydrogen) atoms. The Morgan fingerprint density at radius 3 is 2.20 bits per heavy atom. The molecule has 0 radical (unpaired) electrons. The van der Waals surface area contributed by atoms with Crippen LogP contribution in [-0.4, -0.2) is 13.3 Å². The largest absolute Gasteiger partial charge is 0.396 e. The molecule has 0 fully saturated rings. The molecule has 1 aromatic rings. The fourth-order valence-electron chi connectivity index (χ4n) is 1.07. The molecule has 0 aromatic heterocycles. The van der Waals surface area contributed by atoms with Gasteiger partial charge in [0.05, 0.1) is 15.7 Å². The lowest BCUT2D eigenvalue weighted by atomic mass is 10.1. The highest BCUT2D eigenvalue weighted by atomic mass is 35.5. The number of nitrogen functional groups attached to an aromatic ring is 1. The normalized spacial score (nSPS) is 12.0. The number of rotatable bonds is 3. The third-order valence-electron chi connectivity index (χ3n) is 1.88. The molecule has 1 rings (SSSR count). The van der Waals surface area contributed by atoms with E-state index in [1.54, 1.807) is 19.2 Å². The summed E-state index contributed by atoms with van der Waals surface area (Å²) in [5.74, 6) is 0. The van der Waals surface area contributed by atoms with Gasteiger partial charge in [0, 0.05) is 13.5 Å². The van der Waals surface area contributed by atoms with E-state index in [2.05, 4.69) is 0 Å². The standard InChI is InChI=1S/C9H12Cl2N2O.ClH/c1-14-8(12)4-5-2-6(10)9(13)7(11)3-5;/h2-3,8H,4,12-13H2,1H3;1H. The molecule has 0 aliphatic carbocycles. The Labute approximate surface area is 105 Å². The summed E-state index contributed by atoms with van der Waals surface area (Å²) in [6.07, 6.45) is 0.196. The summed E-state index contributed by atoms with van der Waals surface area (Å²) in [6.45, 7) is 0. The van der Waals surface area contributed by atoms with E-state index in [-0.39, 0.29) is 18.6 Å². The van der Waals surface area contributed by atoms with Crippen molar-refractivity contribution in [2.24, 2.45) is 5.73 Å². The van der Waals surface area contributed by atoms with Crippen molar-refractivity contribution in [3.63, 3.8) is 0 Å². The van der Waals surface area contributed by atoms with Crippen molar-refractivity contribution in [2.45, 2.75) is 12.6 Å². The number of halogens is 3. The second-order valence-corrected chi connectivity index (χ2v) is 3.77. The summed E-state index contributed by atoms with van der Waals surface area (Å²) < 4.78 is 4.92. The Morgan fingerprint density at radius 2 is 1.80 bits per heavy atom. The summed E-state index contributed by atoms with van der Waals surface area (Å²) in [5.41, 5.74) is 12.5. The van der Waals surface area contributed by atoms with Gasteiger partial charge in [-0.2, -0.15) is 0 Å². The van der Waals surface area contributed by atoms with Gasteiger partial charge in [-0.1, -0.05) is 23.2 Å². The third-order valence-corrected chi connectivity index (χ3v) is 2.50. The van der Waals surface area contributed by atoms with Crippen LogP contribution in [0.15, 0.2) is 12.1 Å². The van der Waals surface area contributed by atoms with E-state index in [1.807, 2.05) is 0 Å². The third kappa shape index (κ3) is 4.05. The average Bonchev–Trinajstić information content (AvgIpc) is 2.14. The minimum atomic E-state index is -0.356. The van der Waals surface area contributed by atoms with Crippen LogP contribution in [0.2, 0.25) is 10.0 Å². The fraction of sp³-hybridized carbons (Fsp3) is 0.333. The van der Waals surface area contributed by atoms with Gasteiger partial charge in [0.2, 0.25) is 0 Å². The lowest BCUT2D eigenvalue weighted by Gasteiger charge is -2.11. The number of anilines is 1. The number of hydrogen-bond donors (Lipinski definition) is 2. The van der Waals surface area contributed by atoms with E-state index in [4.69, 9.17) is 39.4 Å². The zero-order chi connectivity index (χ0) is 10.7. The number of ether oxygens (including phenoxy) is 1. The monoisotopic (exact) mass is 270 g/mol. The van der Waals surface area contributed by atoms with Gasteiger partial charge in [-0.05, 0) is 17.7 Å². The van der Waals surface area contributed by atoms with Crippen LogP contribution in [0.4, 0.5) is 5.69 Å². The van der Waals surface area contributed by atoms with Gasteiger partial charge >= 0.3 is 0 Å². The molecule has 1 atom stereocenters. The van der Waals surface area contributed by atoms with Crippen LogP contribution in [0.25, 0.3) is 0 Å². The summed E-state index contributed by atoms with van der Waals surface area (Å²) in [7, 11) is 1.55. The number of nitrogens with two attached hydrogens (primary N) is 2. The van der Waals surface area contributed by atoms with E-state index in [0.717, 1.165) is 5.56 Å². The van der Waals surface area contributed by atoms with Crippen molar-refractivity contribution in [1.82, 2.24) is 0 Å². The van der Waals surface area contributed by atoms with Gasteiger partial charge in [0.25, 0.3) is 0 Å². The molecule has 0 aliphatic heterocycles. The van der Waals surface area contributed by atoms with Crippen LogP contribution in [0, 0.1) is 0 Å². The highest BCUT2D eigenvalue weighted by Crippen LogP contribution is 2.29. The Bertz CT molecular complexity index is 310. The summed E-state index contributed by atoms with van der Waals surface area (Å²) >= 11 is 11.7. The zero-order valence-electron chi connectivity index (χ0n) is 8.17. The van der Waals surface area contributed by atoms with Crippen LogP contribution in [0.5, 0.6) is 0 Å². The summed E-state index contributed by atoms with van der Waals surface area (Å²) in [4.78, 5) is 0.